The molecule has 0 aliphatic heterocycles. The second kappa shape index (κ2) is 4.68. The molecule has 15 heavy (non-hydrogen) atoms. The Balaban J connectivity index is 3.44. The summed E-state index contributed by atoms with van der Waals surface area (Å²) in [7, 11) is 2.79. The zero-order valence-electron chi connectivity index (χ0n) is 8.80. The molecular weight excluding hydrogens is 221 g/mol. The highest BCUT2D eigenvalue weighted by atomic mass is 35.5. The van der Waals surface area contributed by atoms with Crippen molar-refractivity contribution < 1.29 is 13.9 Å². The van der Waals surface area contributed by atoms with Crippen molar-refractivity contribution in [2.75, 3.05) is 14.2 Å². The third-order valence-corrected chi connectivity index (χ3v) is 2.40. The summed E-state index contributed by atoms with van der Waals surface area (Å²) in [5.74, 6) is -0.224. The molecule has 0 aliphatic rings. The van der Waals surface area contributed by atoms with Gasteiger partial charge < -0.3 is 15.2 Å². The van der Waals surface area contributed by atoms with E-state index in [-0.39, 0.29) is 16.8 Å². The number of benzene rings is 1. The molecule has 2 N–H and O–H groups in total. The van der Waals surface area contributed by atoms with Crippen molar-refractivity contribution in [2.45, 2.75) is 13.0 Å². The van der Waals surface area contributed by atoms with Crippen LogP contribution in [0.5, 0.6) is 11.5 Å². The fourth-order valence-corrected chi connectivity index (χ4v) is 1.69. The van der Waals surface area contributed by atoms with Crippen LogP contribution in [0.15, 0.2) is 6.07 Å². The SMILES string of the molecule is COc1c(F)cc(C(C)N)c(OC)c1Cl. The van der Waals surface area contributed by atoms with Gasteiger partial charge in [0, 0.05) is 11.6 Å². The second-order valence-corrected chi connectivity index (χ2v) is 3.49. The van der Waals surface area contributed by atoms with E-state index in [0.717, 1.165) is 0 Å². The molecule has 0 aromatic heterocycles. The van der Waals surface area contributed by atoms with Crippen molar-refractivity contribution in [2.24, 2.45) is 5.73 Å². The van der Waals surface area contributed by atoms with Gasteiger partial charge in [-0.05, 0) is 13.0 Å². The van der Waals surface area contributed by atoms with E-state index in [9.17, 15) is 4.39 Å². The van der Waals surface area contributed by atoms with Gasteiger partial charge in [-0.15, -0.1) is 0 Å². The minimum Gasteiger partial charge on any atom is -0.495 e. The summed E-state index contributed by atoms with van der Waals surface area (Å²) in [6.07, 6.45) is 0. The Morgan fingerprint density at radius 1 is 1.33 bits per heavy atom. The molecule has 1 atom stereocenters. The topological polar surface area (TPSA) is 44.5 Å². The molecule has 0 saturated heterocycles. The molecule has 1 aromatic rings. The van der Waals surface area contributed by atoms with Gasteiger partial charge in [-0.1, -0.05) is 11.6 Å². The Labute approximate surface area is 92.9 Å². The second-order valence-electron chi connectivity index (χ2n) is 3.12. The molecule has 0 spiro atoms. The molecule has 0 saturated carbocycles. The van der Waals surface area contributed by atoms with Crippen molar-refractivity contribution in [3.63, 3.8) is 0 Å². The first-order valence-corrected chi connectivity index (χ1v) is 4.76. The number of hydrogen-bond acceptors (Lipinski definition) is 3. The van der Waals surface area contributed by atoms with Gasteiger partial charge in [-0.3, -0.25) is 0 Å². The fraction of sp³-hybridized carbons (Fsp3) is 0.400. The summed E-state index contributed by atoms with van der Waals surface area (Å²) < 4.78 is 23.4. The number of ether oxygens (including phenoxy) is 2. The van der Waals surface area contributed by atoms with Crippen LogP contribution in [-0.4, -0.2) is 14.2 Å². The van der Waals surface area contributed by atoms with Gasteiger partial charge in [-0.2, -0.15) is 0 Å². The number of nitrogens with two attached hydrogens (primary N) is 1. The summed E-state index contributed by atoms with van der Waals surface area (Å²) in [5.41, 5.74) is 6.19. The maximum atomic E-state index is 13.5. The molecule has 0 heterocycles. The van der Waals surface area contributed by atoms with E-state index < -0.39 is 5.82 Å². The Kier molecular flexibility index (Phi) is 3.77. The van der Waals surface area contributed by atoms with Crippen LogP contribution in [0.2, 0.25) is 5.02 Å². The van der Waals surface area contributed by atoms with Gasteiger partial charge in [0.15, 0.2) is 11.6 Å². The van der Waals surface area contributed by atoms with Crippen LogP contribution in [0.25, 0.3) is 0 Å². The van der Waals surface area contributed by atoms with Crippen molar-refractivity contribution in [3.05, 3.63) is 22.5 Å². The Bertz CT molecular complexity index is 369. The zero-order valence-corrected chi connectivity index (χ0v) is 9.56. The van der Waals surface area contributed by atoms with E-state index in [1.807, 2.05) is 0 Å². The highest BCUT2D eigenvalue weighted by Gasteiger charge is 2.20. The van der Waals surface area contributed by atoms with E-state index in [1.165, 1.54) is 20.3 Å². The van der Waals surface area contributed by atoms with Crippen LogP contribution in [0.3, 0.4) is 0 Å². The number of methoxy groups -OCH3 is 2. The average molecular weight is 234 g/mol. The Morgan fingerprint density at radius 3 is 2.27 bits per heavy atom. The summed E-state index contributed by atoms with van der Waals surface area (Å²) in [6.45, 7) is 1.72. The first-order chi connectivity index (χ1) is 7.02. The van der Waals surface area contributed by atoms with Crippen LogP contribution >= 0.6 is 11.6 Å². The van der Waals surface area contributed by atoms with Crippen LogP contribution in [0.4, 0.5) is 4.39 Å². The van der Waals surface area contributed by atoms with Crippen LogP contribution in [-0.2, 0) is 0 Å². The van der Waals surface area contributed by atoms with Gasteiger partial charge in [-0.25, -0.2) is 4.39 Å². The smallest absolute Gasteiger partial charge is 0.176 e. The fourth-order valence-electron chi connectivity index (χ4n) is 1.34. The normalized spacial score (nSPS) is 12.4. The maximum absolute atomic E-state index is 13.5. The van der Waals surface area contributed by atoms with Crippen LogP contribution < -0.4 is 15.2 Å². The van der Waals surface area contributed by atoms with Gasteiger partial charge in [0.2, 0.25) is 0 Å². The predicted octanol–water partition coefficient (Wildman–Crippen LogP) is 2.52. The molecule has 1 unspecified atom stereocenters. The lowest BCUT2D eigenvalue weighted by atomic mass is 10.1. The Hall–Kier alpha value is -1.00. The minimum absolute atomic E-state index is 0.0297. The maximum Gasteiger partial charge on any atom is 0.176 e. The molecule has 1 aromatic carbocycles. The van der Waals surface area contributed by atoms with Crippen LogP contribution in [0, 0.1) is 5.82 Å². The molecule has 84 valence electrons. The molecule has 0 bridgehead atoms. The van der Waals surface area contributed by atoms with E-state index >= 15 is 0 Å². The lowest BCUT2D eigenvalue weighted by Gasteiger charge is -2.16. The van der Waals surface area contributed by atoms with Crippen molar-refractivity contribution in [1.29, 1.82) is 0 Å². The quantitative estimate of drug-likeness (QED) is 0.873. The van der Waals surface area contributed by atoms with Crippen molar-refractivity contribution in [1.82, 2.24) is 0 Å². The molecule has 0 amide bonds. The largest absolute Gasteiger partial charge is 0.495 e. The molecule has 1 rings (SSSR count). The lowest BCUT2D eigenvalue weighted by Crippen LogP contribution is -2.08. The summed E-state index contributed by atoms with van der Waals surface area (Å²) in [6, 6.07) is 0.909. The molecule has 0 radical (unpaired) electrons. The zero-order chi connectivity index (χ0) is 11.6. The van der Waals surface area contributed by atoms with E-state index in [2.05, 4.69) is 0 Å². The highest BCUT2D eigenvalue weighted by molar-refractivity contribution is 6.33. The third kappa shape index (κ3) is 2.16. The number of hydrogen-bond donors (Lipinski definition) is 1. The molecule has 5 heteroatoms. The van der Waals surface area contributed by atoms with E-state index in [0.29, 0.717) is 11.3 Å². The molecular formula is C10H13ClFNO2. The van der Waals surface area contributed by atoms with Gasteiger partial charge >= 0.3 is 0 Å². The number of halogens is 2. The first kappa shape index (κ1) is 12.1. The Morgan fingerprint density at radius 2 is 1.87 bits per heavy atom. The third-order valence-electron chi connectivity index (χ3n) is 2.06. The summed E-state index contributed by atoms with van der Waals surface area (Å²) >= 11 is 5.92. The monoisotopic (exact) mass is 233 g/mol. The number of rotatable bonds is 3. The summed E-state index contributed by atoms with van der Waals surface area (Å²) in [4.78, 5) is 0. The summed E-state index contributed by atoms with van der Waals surface area (Å²) in [5, 5.41) is 0.104. The van der Waals surface area contributed by atoms with E-state index in [1.54, 1.807) is 6.92 Å². The van der Waals surface area contributed by atoms with Crippen molar-refractivity contribution >= 4 is 11.6 Å². The van der Waals surface area contributed by atoms with Crippen molar-refractivity contribution in [3.8, 4) is 11.5 Å². The predicted molar refractivity (Wildman–Crippen MR) is 57.1 cm³/mol. The van der Waals surface area contributed by atoms with Gasteiger partial charge in [0.25, 0.3) is 0 Å². The molecule has 3 nitrogen and oxygen atoms in total. The standard InChI is InChI=1S/C10H13ClFNO2/c1-5(13)6-4-7(12)10(15-3)8(11)9(6)14-2/h4-5H,13H2,1-3H3. The van der Waals surface area contributed by atoms with Crippen LogP contribution in [0.1, 0.15) is 18.5 Å². The average Bonchev–Trinajstić information content (AvgIpc) is 2.17. The molecule has 0 fully saturated rings. The first-order valence-electron chi connectivity index (χ1n) is 4.38. The highest BCUT2D eigenvalue weighted by Crippen LogP contribution is 2.40. The van der Waals surface area contributed by atoms with Gasteiger partial charge in [0.05, 0.1) is 14.2 Å². The molecule has 0 aliphatic carbocycles. The van der Waals surface area contributed by atoms with E-state index in [4.69, 9.17) is 26.8 Å². The lowest BCUT2D eigenvalue weighted by molar-refractivity contribution is 0.370. The van der Waals surface area contributed by atoms with Gasteiger partial charge in [0.1, 0.15) is 10.8 Å². The minimum atomic E-state index is -0.546.